The van der Waals surface area contributed by atoms with Crippen LogP contribution in [-0.4, -0.2) is 48.2 Å². The van der Waals surface area contributed by atoms with E-state index in [4.69, 9.17) is 18.9 Å². The standard InChI is InChI=1S/C30H28N2O8S/c1-37-27-18-25(30(34)39-3)26(19-28(27)38-2)31-29(33)20-32(41(35,36)24-12-8-5-9-13-24)21-14-16-23(17-15-21)40-22-10-6-4-7-11-22/h4-19H,20H2,1-3H3,(H,31,33). The average molecular weight is 577 g/mol. The normalized spacial score (nSPS) is 10.8. The van der Waals surface area contributed by atoms with E-state index in [0.29, 0.717) is 11.5 Å². The topological polar surface area (TPSA) is 120 Å². The summed E-state index contributed by atoms with van der Waals surface area (Å²) >= 11 is 0. The fraction of sp³-hybridized carbons (Fsp3) is 0.133. The summed E-state index contributed by atoms with van der Waals surface area (Å²) in [5, 5.41) is 2.61. The van der Waals surface area contributed by atoms with Crippen molar-refractivity contribution in [3.05, 3.63) is 103 Å². The summed E-state index contributed by atoms with van der Waals surface area (Å²) in [5.41, 5.74) is 0.284. The average Bonchev–Trinajstić information content (AvgIpc) is 3.00. The van der Waals surface area contributed by atoms with Crippen molar-refractivity contribution in [1.29, 1.82) is 0 Å². The smallest absolute Gasteiger partial charge is 0.340 e. The second kappa shape index (κ2) is 12.9. The minimum atomic E-state index is -4.17. The van der Waals surface area contributed by atoms with Gasteiger partial charge in [-0.3, -0.25) is 9.10 Å². The maximum atomic E-state index is 13.7. The quantitative estimate of drug-likeness (QED) is 0.245. The van der Waals surface area contributed by atoms with Gasteiger partial charge in [0.1, 0.15) is 18.0 Å². The van der Waals surface area contributed by atoms with Crippen LogP contribution in [0.1, 0.15) is 10.4 Å². The van der Waals surface area contributed by atoms with Gasteiger partial charge in [0.15, 0.2) is 11.5 Å². The van der Waals surface area contributed by atoms with E-state index in [9.17, 15) is 18.0 Å². The minimum absolute atomic E-state index is 0.00113. The second-order valence-electron chi connectivity index (χ2n) is 8.53. The number of methoxy groups -OCH3 is 3. The Morgan fingerprint density at radius 1 is 0.756 bits per heavy atom. The number of sulfonamides is 1. The number of para-hydroxylation sites is 1. The molecule has 0 bridgehead atoms. The first kappa shape index (κ1) is 29.0. The van der Waals surface area contributed by atoms with Crippen LogP contribution in [0, 0.1) is 0 Å². The largest absolute Gasteiger partial charge is 0.493 e. The zero-order valence-corrected chi connectivity index (χ0v) is 23.4. The van der Waals surface area contributed by atoms with E-state index in [-0.39, 0.29) is 33.3 Å². The summed E-state index contributed by atoms with van der Waals surface area (Å²) in [4.78, 5) is 25.8. The van der Waals surface area contributed by atoms with Crippen LogP contribution in [0.3, 0.4) is 0 Å². The lowest BCUT2D eigenvalue weighted by Crippen LogP contribution is -2.38. The molecular weight excluding hydrogens is 548 g/mol. The Morgan fingerprint density at radius 3 is 1.90 bits per heavy atom. The molecule has 0 aliphatic carbocycles. The van der Waals surface area contributed by atoms with Gasteiger partial charge in [-0.05, 0) is 48.5 Å². The highest BCUT2D eigenvalue weighted by molar-refractivity contribution is 7.92. The van der Waals surface area contributed by atoms with Gasteiger partial charge in [0.05, 0.1) is 43.2 Å². The number of nitrogens with zero attached hydrogens (tertiary/aromatic N) is 1. The molecule has 0 saturated carbocycles. The van der Waals surface area contributed by atoms with Gasteiger partial charge in [0.2, 0.25) is 5.91 Å². The first-order valence-corrected chi connectivity index (χ1v) is 13.8. The van der Waals surface area contributed by atoms with Crippen LogP contribution in [-0.2, 0) is 19.6 Å². The molecule has 0 unspecified atom stereocenters. The van der Waals surface area contributed by atoms with E-state index in [0.717, 1.165) is 4.31 Å². The van der Waals surface area contributed by atoms with Crippen molar-refractivity contribution < 1.29 is 37.0 Å². The maximum absolute atomic E-state index is 13.7. The SMILES string of the molecule is COC(=O)c1cc(OC)c(OC)cc1NC(=O)CN(c1ccc(Oc2ccccc2)cc1)S(=O)(=O)c1ccccc1. The molecule has 0 aliphatic heterocycles. The molecule has 0 aromatic heterocycles. The Morgan fingerprint density at radius 2 is 1.32 bits per heavy atom. The van der Waals surface area contributed by atoms with Gasteiger partial charge in [-0.1, -0.05) is 36.4 Å². The molecule has 0 radical (unpaired) electrons. The molecule has 0 fully saturated rings. The number of anilines is 2. The Labute approximate surface area is 238 Å². The third-order valence-electron chi connectivity index (χ3n) is 5.93. The van der Waals surface area contributed by atoms with Crippen LogP contribution < -0.4 is 23.8 Å². The summed E-state index contributed by atoms with van der Waals surface area (Å²) < 4.78 is 49.6. The van der Waals surface area contributed by atoms with Crippen molar-refractivity contribution in [2.75, 3.05) is 37.5 Å². The van der Waals surface area contributed by atoms with Crippen molar-refractivity contribution in [3.63, 3.8) is 0 Å². The molecule has 11 heteroatoms. The van der Waals surface area contributed by atoms with Crippen molar-refractivity contribution in [2.45, 2.75) is 4.90 Å². The molecule has 0 spiro atoms. The van der Waals surface area contributed by atoms with Crippen molar-refractivity contribution in [3.8, 4) is 23.0 Å². The van der Waals surface area contributed by atoms with Crippen molar-refractivity contribution in [2.24, 2.45) is 0 Å². The molecule has 4 rings (SSSR count). The van der Waals surface area contributed by atoms with Crippen LogP contribution in [0.4, 0.5) is 11.4 Å². The van der Waals surface area contributed by atoms with Crippen LogP contribution in [0.15, 0.2) is 102 Å². The van der Waals surface area contributed by atoms with E-state index in [1.54, 1.807) is 54.6 Å². The number of hydrogen-bond donors (Lipinski definition) is 1. The number of rotatable bonds is 11. The van der Waals surface area contributed by atoms with Crippen molar-refractivity contribution >= 4 is 33.3 Å². The summed E-state index contributed by atoms with van der Waals surface area (Å²) in [7, 11) is -0.168. The molecule has 10 nitrogen and oxygen atoms in total. The number of carbonyl (C=O) groups is 2. The van der Waals surface area contributed by atoms with Crippen LogP contribution in [0.2, 0.25) is 0 Å². The molecule has 212 valence electrons. The molecule has 1 amide bonds. The predicted molar refractivity (Wildman–Crippen MR) is 153 cm³/mol. The van der Waals surface area contributed by atoms with Crippen molar-refractivity contribution in [1.82, 2.24) is 0 Å². The van der Waals surface area contributed by atoms with Gasteiger partial charge in [-0.25, -0.2) is 13.2 Å². The molecule has 4 aromatic rings. The molecule has 0 atom stereocenters. The summed E-state index contributed by atoms with van der Waals surface area (Å²) in [6.45, 7) is -0.606. The highest BCUT2D eigenvalue weighted by atomic mass is 32.2. The minimum Gasteiger partial charge on any atom is -0.493 e. The lowest BCUT2D eigenvalue weighted by atomic mass is 10.1. The second-order valence-corrected chi connectivity index (χ2v) is 10.4. The van der Waals surface area contributed by atoms with Gasteiger partial charge in [0.25, 0.3) is 10.0 Å². The lowest BCUT2D eigenvalue weighted by molar-refractivity contribution is -0.114. The summed E-state index contributed by atoms with van der Waals surface area (Å²) in [6, 6.07) is 25.9. The zero-order chi connectivity index (χ0) is 29.4. The molecule has 0 heterocycles. The number of hydrogen-bond acceptors (Lipinski definition) is 8. The van der Waals surface area contributed by atoms with Crippen LogP contribution in [0.5, 0.6) is 23.0 Å². The number of benzene rings is 4. The number of nitrogens with one attached hydrogen (secondary N) is 1. The summed E-state index contributed by atoms with van der Waals surface area (Å²) in [5.74, 6) is 0.143. The van der Waals surface area contributed by atoms with Gasteiger partial charge in [-0.15, -0.1) is 0 Å². The maximum Gasteiger partial charge on any atom is 0.340 e. The Balaban J connectivity index is 1.67. The number of esters is 1. The first-order chi connectivity index (χ1) is 19.8. The highest BCUT2D eigenvalue weighted by Gasteiger charge is 2.28. The molecule has 0 aliphatic rings. The van der Waals surface area contributed by atoms with Gasteiger partial charge >= 0.3 is 5.97 Å². The fourth-order valence-corrected chi connectivity index (χ4v) is 5.36. The van der Waals surface area contributed by atoms with E-state index in [2.05, 4.69) is 5.32 Å². The Bertz CT molecular complexity index is 1610. The van der Waals surface area contributed by atoms with Crippen LogP contribution >= 0.6 is 0 Å². The number of ether oxygens (including phenoxy) is 4. The van der Waals surface area contributed by atoms with Gasteiger partial charge in [0, 0.05) is 12.1 Å². The third-order valence-corrected chi connectivity index (χ3v) is 7.71. The molecule has 0 saturated heterocycles. The van der Waals surface area contributed by atoms with E-state index < -0.39 is 28.4 Å². The molecule has 41 heavy (non-hydrogen) atoms. The van der Waals surface area contributed by atoms with E-state index in [1.807, 2.05) is 18.2 Å². The lowest BCUT2D eigenvalue weighted by Gasteiger charge is -2.24. The number of amides is 1. The van der Waals surface area contributed by atoms with Crippen LogP contribution in [0.25, 0.3) is 0 Å². The molecule has 1 N–H and O–H groups in total. The Kier molecular flexibility index (Phi) is 9.10. The predicted octanol–water partition coefficient (Wildman–Crippen LogP) is 5.12. The van der Waals surface area contributed by atoms with Gasteiger partial charge in [-0.2, -0.15) is 0 Å². The fourth-order valence-electron chi connectivity index (χ4n) is 3.92. The molecular formula is C30H28N2O8S. The monoisotopic (exact) mass is 576 g/mol. The number of carbonyl (C=O) groups excluding carboxylic acids is 2. The highest BCUT2D eigenvalue weighted by Crippen LogP contribution is 2.34. The Hall–Kier alpha value is -5.03. The van der Waals surface area contributed by atoms with E-state index >= 15 is 0 Å². The third kappa shape index (κ3) is 6.76. The van der Waals surface area contributed by atoms with E-state index in [1.165, 1.54) is 45.6 Å². The summed E-state index contributed by atoms with van der Waals surface area (Å²) in [6.07, 6.45) is 0. The molecule has 4 aromatic carbocycles. The van der Waals surface area contributed by atoms with Gasteiger partial charge < -0.3 is 24.3 Å². The zero-order valence-electron chi connectivity index (χ0n) is 22.6. The first-order valence-electron chi connectivity index (χ1n) is 12.3.